The first kappa shape index (κ1) is 20.3. The Morgan fingerprint density at radius 3 is 2.59 bits per heavy atom. The van der Waals surface area contributed by atoms with E-state index in [1.807, 2.05) is 25.1 Å². The molecule has 0 bridgehead atoms. The second-order valence-electron chi connectivity index (χ2n) is 7.25. The third-order valence-electron chi connectivity index (χ3n) is 4.78. The van der Waals surface area contributed by atoms with E-state index in [0.29, 0.717) is 38.9 Å². The van der Waals surface area contributed by atoms with Crippen molar-refractivity contribution in [2.45, 2.75) is 20.8 Å². The number of pyridine rings is 1. The zero-order valence-corrected chi connectivity index (χ0v) is 19.0. The highest BCUT2D eigenvalue weighted by molar-refractivity contribution is 7.22. The summed E-state index contributed by atoms with van der Waals surface area (Å²) in [6, 6.07) is 11.1. The van der Waals surface area contributed by atoms with Crippen molar-refractivity contribution in [1.29, 1.82) is 0 Å². The van der Waals surface area contributed by atoms with E-state index in [-0.39, 0.29) is 11.8 Å². The van der Waals surface area contributed by atoms with Crippen LogP contribution < -0.4 is 10.6 Å². The summed E-state index contributed by atoms with van der Waals surface area (Å²) < 4.78 is 6.22. The summed E-state index contributed by atoms with van der Waals surface area (Å²) in [5.74, 6) is -0.468. The maximum Gasteiger partial charge on any atom is 0.259 e. The van der Waals surface area contributed by atoms with Crippen LogP contribution in [0.3, 0.4) is 0 Å². The van der Waals surface area contributed by atoms with Gasteiger partial charge in [0, 0.05) is 17.5 Å². The molecule has 0 fully saturated rings. The Kier molecular flexibility index (Phi) is 4.95. The molecule has 0 saturated heterocycles. The van der Waals surface area contributed by atoms with Gasteiger partial charge in [-0.1, -0.05) is 16.5 Å². The highest BCUT2D eigenvalue weighted by Crippen LogP contribution is 2.33. The number of carbonyl (C=O) groups excluding carboxylic acids is 2. The molecule has 0 atom stereocenters. The van der Waals surface area contributed by atoms with Gasteiger partial charge in [-0.15, -0.1) is 11.3 Å². The molecule has 4 aromatic heterocycles. The van der Waals surface area contributed by atoms with Crippen molar-refractivity contribution in [3.63, 3.8) is 0 Å². The van der Waals surface area contributed by atoms with E-state index in [4.69, 9.17) is 4.52 Å². The molecule has 0 aliphatic rings. The molecule has 2 amide bonds. The van der Waals surface area contributed by atoms with Gasteiger partial charge < -0.3 is 9.84 Å². The molecule has 0 spiro atoms. The van der Waals surface area contributed by atoms with E-state index in [0.717, 1.165) is 20.0 Å². The average Bonchev–Trinajstić information content (AvgIpc) is 3.45. The van der Waals surface area contributed by atoms with E-state index < -0.39 is 0 Å². The van der Waals surface area contributed by atoms with Crippen molar-refractivity contribution in [2.24, 2.45) is 0 Å². The lowest BCUT2D eigenvalue weighted by atomic mass is 10.1. The largest absolute Gasteiger partial charge is 0.335 e. The molecule has 0 aliphatic heterocycles. The van der Waals surface area contributed by atoms with Crippen molar-refractivity contribution >= 4 is 66.6 Å². The molecular formula is C22H17N5O3S2. The molecule has 1 aromatic carbocycles. The molecular weight excluding hydrogens is 446 g/mol. The van der Waals surface area contributed by atoms with Crippen LogP contribution in [-0.2, 0) is 4.79 Å². The number of amides is 2. The predicted molar refractivity (Wildman–Crippen MR) is 126 cm³/mol. The number of fused-ring (bicyclic) bond motifs is 2. The Bertz CT molecular complexity index is 1510. The van der Waals surface area contributed by atoms with Crippen LogP contribution in [0.2, 0.25) is 0 Å². The Morgan fingerprint density at radius 1 is 1.00 bits per heavy atom. The molecule has 5 rings (SSSR count). The first-order valence-corrected chi connectivity index (χ1v) is 11.3. The van der Waals surface area contributed by atoms with Crippen molar-refractivity contribution in [3.05, 3.63) is 52.5 Å². The number of thiazole rings is 1. The van der Waals surface area contributed by atoms with Gasteiger partial charge in [0.05, 0.1) is 37.4 Å². The van der Waals surface area contributed by atoms with Crippen LogP contribution in [0.5, 0.6) is 0 Å². The molecule has 8 nitrogen and oxygen atoms in total. The zero-order valence-electron chi connectivity index (χ0n) is 17.3. The van der Waals surface area contributed by atoms with Crippen LogP contribution in [0, 0.1) is 13.8 Å². The minimum Gasteiger partial charge on any atom is -0.335 e. The van der Waals surface area contributed by atoms with Crippen LogP contribution in [0.25, 0.3) is 31.9 Å². The summed E-state index contributed by atoms with van der Waals surface area (Å²) in [6.07, 6.45) is 0. The van der Waals surface area contributed by atoms with Crippen molar-refractivity contribution in [1.82, 2.24) is 15.1 Å². The minimum atomic E-state index is -0.320. The molecule has 0 aliphatic carbocycles. The van der Waals surface area contributed by atoms with Crippen LogP contribution in [0.4, 0.5) is 10.8 Å². The van der Waals surface area contributed by atoms with Crippen LogP contribution in [0.15, 0.2) is 40.9 Å². The van der Waals surface area contributed by atoms with Crippen LogP contribution in [-0.4, -0.2) is 26.9 Å². The number of benzene rings is 1. The quantitative estimate of drug-likeness (QED) is 0.370. The first-order chi connectivity index (χ1) is 15.4. The van der Waals surface area contributed by atoms with Gasteiger partial charge in [0.1, 0.15) is 0 Å². The molecule has 5 aromatic rings. The third kappa shape index (κ3) is 3.74. The second-order valence-corrected chi connectivity index (χ2v) is 9.57. The molecule has 0 radical (unpaired) electrons. The maximum absolute atomic E-state index is 13.3. The smallest absolute Gasteiger partial charge is 0.259 e. The second kappa shape index (κ2) is 7.81. The number of carbonyl (C=O) groups is 2. The van der Waals surface area contributed by atoms with Gasteiger partial charge in [-0.05, 0) is 50.2 Å². The summed E-state index contributed by atoms with van der Waals surface area (Å²) >= 11 is 2.92. The molecule has 32 heavy (non-hydrogen) atoms. The molecule has 0 unspecified atom stereocenters. The summed E-state index contributed by atoms with van der Waals surface area (Å²) in [5.41, 5.74) is 3.40. The lowest BCUT2D eigenvalue weighted by Gasteiger charge is -2.05. The molecule has 160 valence electrons. The highest BCUT2D eigenvalue weighted by atomic mass is 32.1. The number of nitrogens with zero attached hydrogens (tertiary/aromatic N) is 3. The van der Waals surface area contributed by atoms with E-state index in [1.54, 1.807) is 36.5 Å². The normalized spacial score (nSPS) is 11.2. The lowest BCUT2D eigenvalue weighted by Crippen LogP contribution is -2.12. The number of hydrogen-bond acceptors (Lipinski definition) is 8. The zero-order chi connectivity index (χ0) is 22.4. The number of nitrogens with one attached hydrogen (secondary N) is 2. The Labute approximate surface area is 190 Å². The van der Waals surface area contributed by atoms with Gasteiger partial charge in [0.2, 0.25) is 5.91 Å². The summed E-state index contributed by atoms with van der Waals surface area (Å²) in [5, 5.41) is 10.7. The molecule has 0 saturated carbocycles. The van der Waals surface area contributed by atoms with Crippen LogP contribution >= 0.6 is 22.7 Å². The monoisotopic (exact) mass is 463 g/mol. The van der Waals surface area contributed by atoms with Crippen molar-refractivity contribution in [2.75, 3.05) is 10.6 Å². The van der Waals surface area contributed by atoms with Gasteiger partial charge in [-0.2, -0.15) is 0 Å². The number of thiophene rings is 1. The number of aromatic nitrogens is 3. The Balaban J connectivity index is 1.52. The van der Waals surface area contributed by atoms with E-state index in [1.165, 1.54) is 18.3 Å². The topological polar surface area (TPSA) is 110 Å². The van der Waals surface area contributed by atoms with Gasteiger partial charge in [-0.3, -0.25) is 14.9 Å². The van der Waals surface area contributed by atoms with E-state index in [9.17, 15) is 9.59 Å². The number of anilines is 2. The minimum absolute atomic E-state index is 0.148. The predicted octanol–water partition coefficient (Wildman–Crippen LogP) is 5.39. The molecule has 4 heterocycles. The van der Waals surface area contributed by atoms with Gasteiger partial charge in [0.15, 0.2) is 5.13 Å². The first-order valence-electron chi connectivity index (χ1n) is 9.71. The number of aryl methyl sites for hydroxylation is 2. The summed E-state index contributed by atoms with van der Waals surface area (Å²) in [7, 11) is 0. The highest BCUT2D eigenvalue weighted by Gasteiger charge is 2.21. The van der Waals surface area contributed by atoms with Gasteiger partial charge in [0.25, 0.3) is 11.6 Å². The van der Waals surface area contributed by atoms with Crippen molar-refractivity contribution < 1.29 is 14.1 Å². The Morgan fingerprint density at radius 2 is 1.84 bits per heavy atom. The summed E-state index contributed by atoms with van der Waals surface area (Å²) in [6.45, 7) is 5.25. The number of hydrogen-bond donors (Lipinski definition) is 2. The standard InChI is InChI=1S/C22H17N5O3S2/c1-10-4-7-17(31-10)16-9-14(19-11(2)27-30-21(19)24-16)20(29)26-22-25-15-6-5-13(23-12(3)28)8-18(15)32-22/h4-9H,1-3H3,(H,23,28)(H,25,26,29). The SMILES string of the molecule is CC(=O)Nc1ccc2nc(NC(=O)c3cc(-c4ccc(C)s4)nc4onc(C)c34)sc2c1. The molecule has 2 N–H and O–H groups in total. The lowest BCUT2D eigenvalue weighted by molar-refractivity contribution is -0.114. The fourth-order valence-electron chi connectivity index (χ4n) is 3.40. The average molecular weight is 464 g/mol. The fraction of sp³-hybridized carbons (Fsp3) is 0.136. The fourth-order valence-corrected chi connectivity index (χ4v) is 5.12. The van der Waals surface area contributed by atoms with Crippen LogP contribution in [0.1, 0.15) is 27.9 Å². The van der Waals surface area contributed by atoms with Gasteiger partial charge >= 0.3 is 0 Å². The molecule has 10 heteroatoms. The number of rotatable bonds is 4. The van der Waals surface area contributed by atoms with E-state index >= 15 is 0 Å². The van der Waals surface area contributed by atoms with Gasteiger partial charge in [-0.25, -0.2) is 9.97 Å². The summed E-state index contributed by atoms with van der Waals surface area (Å²) in [4.78, 5) is 35.7. The Hall–Kier alpha value is -3.63. The maximum atomic E-state index is 13.3. The van der Waals surface area contributed by atoms with Crippen molar-refractivity contribution in [3.8, 4) is 10.6 Å². The van der Waals surface area contributed by atoms with E-state index in [2.05, 4.69) is 25.8 Å². The third-order valence-corrected chi connectivity index (χ3v) is 6.74.